The SMILES string of the molecule is N=C(N)c1ccc2cc(C(=O)N3CCC(CCO)CC3)n(Cc3ccc(C(F)(F)F)cc3)c2c1. The predicted octanol–water partition coefficient (Wildman–Crippen LogP) is 4.23. The molecule has 0 saturated carbocycles. The largest absolute Gasteiger partial charge is 0.416 e. The molecule has 3 aromatic rings. The van der Waals surface area contributed by atoms with Crippen LogP contribution in [-0.4, -0.2) is 46.0 Å². The Bertz CT molecular complexity index is 1190. The van der Waals surface area contributed by atoms with Crippen molar-refractivity contribution in [2.45, 2.75) is 32.0 Å². The number of carbonyl (C=O) groups excluding carboxylic acids is 1. The number of benzene rings is 2. The molecule has 4 rings (SSSR count). The van der Waals surface area contributed by atoms with Gasteiger partial charge < -0.3 is 20.3 Å². The zero-order valence-corrected chi connectivity index (χ0v) is 18.6. The third-order valence-electron chi connectivity index (χ3n) is 6.50. The van der Waals surface area contributed by atoms with Crippen molar-refractivity contribution < 1.29 is 23.1 Å². The number of amidine groups is 1. The quantitative estimate of drug-likeness (QED) is 0.370. The maximum atomic E-state index is 13.5. The number of nitrogen functional groups attached to an aromatic ring is 1. The molecule has 2 heterocycles. The zero-order valence-electron chi connectivity index (χ0n) is 18.6. The van der Waals surface area contributed by atoms with E-state index in [-0.39, 0.29) is 24.9 Å². The van der Waals surface area contributed by atoms with Crippen molar-refractivity contribution >= 4 is 22.6 Å². The number of aromatic nitrogens is 1. The molecule has 6 nitrogen and oxygen atoms in total. The van der Waals surface area contributed by atoms with Gasteiger partial charge >= 0.3 is 6.18 Å². The van der Waals surface area contributed by atoms with Crippen molar-refractivity contribution in [1.29, 1.82) is 5.41 Å². The number of fused-ring (bicyclic) bond motifs is 1. The summed E-state index contributed by atoms with van der Waals surface area (Å²) in [5.74, 6) is 0.142. The first-order valence-electron chi connectivity index (χ1n) is 11.2. The highest BCUT2D eigenvalue weighted by atomic mass is 19.4. The van der Waals surface area contributed by atoms with E-state index in [1.165, 1.54) is 12.1 Å². The van der Waals surface area contributed by atoms with Crippen LogP contribution in [0.2, 0.25) is 0 Å². The van der Waals surface area contributed by atoms with Crippen LogP contribution in [0.15, 0.2) is 48.5 Å². The molecule has 0 spiro atoms. The van der Waals surface area contributed by atoms with Gasteiger partial charge in [-0.05, 0) is 55.0 Å². The van der Waals surface area contributed by atoms with Crippen molar-refractivity contribution in [3.63, 3.8) is 0 Å². The minimum Gasteiger partial charge on any atom is -0.396 e. The van der Waals surface area contributed by atoms with E-state index in [2.05, 4.69) is 0 Å². The van der Waals surface area contributed by atoms with Crippen LogP contribution in [0.3, 0.4) is 0 Å². The summed E-state index contributed by atoms with van der Waals surface area (Å²) >= 11 is 0. The number of alkyl halides is 3. The molecule has 4 N–H and O–H groups in total. The molecule has 180 valence electrons. The Balaban J connectivity index is 1.69. The summed E-state index contributed by atoms with van der Waals surface area (Å²) in [7, 11) is 0. The third-order valence-corrected chi connectivity index (χ3v) is 6.50. The van der Waals surface area contributed by atoms with E-state index in [0.717, 1.165) is 36.8 Å². The highest BCUT2D eigenvalue weighted by Gasteiger charge is 2.30. The summed E-state index contributed by atoms with van der Waals surface area (Å²) in [5, 5.41) is 17.7. The molecule has 2 aromatic carbocycles. The highest BCUT2D eigenvalue weighted by Crippen LogP contribution is 2.30. The molecule has 9 heteroatoms. The van der Waals surface area contributed by atoms with Gasteiger partial charge in [0.15, 0.2) is 0 Å². The van der Waals surface area contributed by atoms with Crippen molar-refractivity contribution in [2.75, 3.05) is 19.7 Å². The van der Waals surface area contributed by atoms with E-state index < -0.39 is 11.7 Å². The number of amides is 1. The molecule has 1 amide bonds. The third kappa shape index (κ3) is 4.94. The fourth-order valence-corrected chi connectivity index (χ4v) is 4.52. The molecular formula is C25H27F3N4O2. The summed E-state index contributed by atoms with van der Waals surface area (Å²) in [4.78, 5) is 15.3. The minimum atomic E-state index is -4.42. The number of hydrogen-bond donors (Lipinski definition) is 3. The predicted molar refractivity (Wildman–Crippen MR) is 124 cm³/mol. The smallest absolute Gasteiger partial charge is 0.396 e. The number of aliphatic hydroxyl groups is 1. The van der Waals surface area contributed by atoms with Crippen LogP contribution in [0.5, 0.6) is 0 Å². The summed E-state index contributed by atoms with van der Waals surface area (Å²) in [6.45, 7) is 1.51. The molecule has 1 fully saturated rings. The molecule has 1 saturated heterocycles. The van der Waals surface area contributed by atoms with Crippen molar-refractivity contribution in [3.8, 4) is 0 Å². The lowest BCUT2D eigenvalue weighted by Crippen LogP contribution is -2.39. The lowest BCUT2D eigenvalue weighted by Gasteiger charge is -2.32. The number of nitrogens with two attached hydrogens (primary N) is 1. The normalized spacial score (nSPS) is 15.1. The van der Waals surface area contributed by atoms with Gasteiger partial charge in [-0.1, -0.05) is 24.3 Å². The van der Waals surface area contributed by atoms with Crippen LogP contribution in [0.25, 0.3) is 10.9 Å². The van der Waals surface area contributed by atoms with Gasteiger partial charge in [-0.15, -0.1) is 0 Å². The first-order valence-corrected chi connectivity index (χ1v) is 11.2. The fraction of sp³-hybridized carbons (Fsp3) is 0.360. The van der Waals surface area contributed by atoms with E-state index in [1.54, 1.807) is 33.7 Å². The lowest BCUT2D eigenvalue weighted by atomic mass is 9.94. The zero-order chi connectivity index (χ0) is 24.5. The summed E-state index contributed by atoms with van der Waals surface area (Å²) in [5.41, 5.74) is 7.18. The number of rotatable bonds is 6. The Kier molecular flexibility index (Phi) is 6.65. The molecule has 0 atom stereocenters. The number of halogens is 3. The average molecular weight is 473 g/mol. The van der Waals surface area contributed by atoms with Gasteiger partial charge in [-0.3, -0.25) is 10.2 Å². The van der Waals surface area contributed by atoms with E-state index in [1.807, 2.05) is 0 Å². The van der Waals surface area contributed by atoms with Crippen LogP contribution in [0, 0.1) is 11.3 Å². The Hall–Kier alpha value is -3.33. The topological polar surface area (TPSA) is 95.3 Å². The van der Waals surface area contributed by atoms with Gasteiger partial charge in [0.25, 0.3) is 5.91 Å². The number of hydrogen-bond acceptors (Lipinski definition) is 3. The first-order chi connectivity index (χ1) is 16.2. The summed E-state index contributed by atoms with van der Waals surface area (Å²) in [6.07, 6.45) is -2.05. The lowest BCUT2D eigenvalue weighted by molar-refractivity contribution is -0.137. The maximum Gasteiger partial charge on any atom is 0.416 e. The first kappa shape index (κ1) is 23.8. The Labute approximate surface area is 195 Å². The van der Waals surface area contributed by atoms with E-state index in [9.17, 15) is 23.1 Å². The number of aliphatic hydroxyl groups excluding tert-OH is 1. The highest BCUT2D eigenvalue weighted by molar-refractivity contribution is 6.02. The van der Waals surface area contributed by atoms with Crippen LogP contribution in [0.1, 0.15) is 46.4 Å². The number of nitrogens with zero attached hydrogens (tertiary/aromatic N) is 2. The number of nitrogens with one attached hydrogen (secondary N) is 1. The molecule has 1 aliphatic heterocycles. The summed E-state index contributed by atoms with van der Waals surface area (Å²) in [6, 6.07) is 11.9. The van der Waals surface area contributed by atoms with Gasteiger partial charge in [-0.2, -0.15) is 13.2 Å². The Morgan fingerprint density at radius 3 is 2.35 bits per heavy atom. The number of carbonyl (C=O) groups is 1. The van der Waals surface area contributed by atoms with Crippen LogP contribution >= 0.6 is 0 Å². The Morgan fingerprint density at radius 1 is 1.09 bits per heavy atom. The van der Waals surface area contributed by atoms with Gasteiger partial charge in [0.2, 0.25) is 0 Å². The second-order valence-electron chi connectivity index (χ2n) is 8.75. The standard InChI is InChI=1S/C25H27F3N4O2/c26-25(27,28)20-5-1-17(2-6-20)15-32-21-14-19(23(29)30)4-3-18(21)13-22(32)24(34)31-10-7-16(8-11-31)9-12-33/h1-6,13-14,16,33H,7-12,15H2,(H3,29,30). The maximum absolute atomic E-state index is 13.5. The molecular weight excluding hydrogens is 445 g/mol. The van der Waals surface area contributed by atoms with Gasteiger partial charge in [-0.25, -0.2) is 0 Å². The molecule has 1 aliphatic rings. The van der Waals surface area contributed by atoms with Crippen LogP contribution in [-0.2, 0) is 12.7 Å². The van der Waals surface area contributed by atoms with Gasteiger partial charge in [0.1, 0.15) is 11.5 Å². The van der Waals surface area contributed by atoms with Gasteiger partial charge in [0, 0.05) is 42.7 Å². The number of likely N-dealkylation sites (tertiary alicyclic amines) is 1. The van der Waals surface area contributed by atoms with Crippen molar-refractivity contribution in [3.05, 3.63) is 70.9 Å². The number of piperidine rings is 1. The molecule has 0 bridgehead atoms. The van der Waals surface area contributed by atoms with E-state index in [4.69, 9.17) is 11.1 Å². The van der Waals surface area contributed by atoms with Gasteiger partial charge in [0.05, 0.1) is 5.56 Å². The summed E-state index contributed by atoms with van der Waals surface area (Å²) < 4.78 is 40.7. The Morgan fingerprint density at radius 2 is 1.76 bits per heavy atom. The fourth-order valence-electron chi connectivity index (χ4n) is 4.52. The molecule has 34 heavy (non-hydrogen) atoms. The molecule has 0 unspecified atom stereocenters. The molecule has 0 radical (unpaired) electrons. The second-order valence-corrected chi connectivity index (χ2v) is 8.75. The average Bonchev–Trinajstić information content (AvgIpc) is 3.16. The molecule has 1 aromatic heterocycles. The van der Waals surface area contributed by atoms with Crippen molar-refractivity contribution in [1.82, 2.24) is 9.47 Å². The van der Waals surface area contributed by atoms with E-state index >= 15 is 0 Å². The van der Waals surface area contributed by atoms with Crippen LogP contribution in [0.4, 0.5) is 13.2 Å². The molecule has 0 aliphatic carbocycles. The second kappa shape index (κ2) is 9.50. The van der Waals surface area contributed by atoms with Crippen LogP contribution < -0.4 is 5.73 Å². The minimum absolute atomic E-state index is 0.108. The van der Waals surface area contributed by atoms with Crippen molar-refractivity contribution in [2.24, 2.45) is 11.7 Å². The van der Waals surface area contributed by atoms with E-state index in [0.29, 0.717) is 41.3 Å². The monoisotopic (exact) mass is 472 g/mol.